The molecule has 8 heteroatoms. The molecule has 2 N–H and O–H groups in total. The molecule has 2 fully saturated rings. The minimum Gasteiger partial charge on any atom is -0.481 e. The number of nitrogens with zero attached hydrogens (tertiary/aromatic N) is 2. The Balaban J connectivity index is 1.54. The van der Waals surface area contributed by atoms with Crippen molar-refractivity contribution in [2.24, 2.45) is 5.92 Å². The Bertz CT molecular complexity index is 1200. The molecule has 1 unspecified atom stereocenters. The number of aryl methyl sites for hydroxylation is 1. The molecule has 0 bridgehead atoms. The van der Waals surface area contributed by atoms with E-state index in [4.69, 9.17) is 9.47 Å². The van der Waals surface area contributed by atoms with E-state index in [2.05, 4.69) is 51.6 Å². The van der Waals surface area contributed by atoms with Gasteiger partial charge in [0.1, 0.15) is 0 Å². The van der Waals surface area contributed by atoms with E-state index in [0.717, 1.165) is 70.7 Å². The van der Waals surface area contributed by atoms with E-state index in [9.17, 15) is 9.90 Å². The number of hydrogen-bond donors (Lipinski definition) is 2. The van der Waals surface area contributed by atoms with Gasteiger partial charge in [0, 0.05) is 44.5 Å². The molecule has 1 aliphatic heterocycles. The van der Waals surface area contributed by atoms with Gasteiger partial charge in [-0.3, -0.25) is 4.79 Å². The predicted molar refractivity (Wildman–Crippen MR) is 145 cm³/mol. The van der Waals surface area contributed by atoms with Crippen LogP contribution in [-0.2, 0) is 14.3 Å². The van der Waals surface area contributed by atoms with Gasteiger partial charge in [0.25, 0.3) is 0 Å². The molecule has 1 aliphatic carbocycles. The number of anilines is 3. The average Bonchev–Trinajstić information content (AvgIpc) is 3.61. The molecule has 1 aromatic heterocycles. The van der Waals surface area contributed by atoms with E-state index in [1.165, 1.54) is 18.5 Å². The second-order valence-electron chi connectivity index (χ2n) is 10.0. The number of aliphatic carboxylic acids is 1. The largest absolute Gasteiger partial charge is 0.481 e. The molecule has 1 saturated heterocycles. The predicted octanol–water partition coefficient (Wildman–Crippen LogP) is 5.95. The van der Waals surface area contributed by atoms with Crippen LogP contribution in [0.25, 0.3) is 10.2 Å². The number of nitrogens with one attached hydrogen (secondary N) is 1. The van der Waals surface area contributed by atoms with E-state index in [0.29, 0.717) is 12.6 Å². The Morgan fingerprint density at radius 3 is 2.75 bits per heavy atom. The summed E-state index contributed by atoms with van der Waals surface area (Å²) in [6.07, 6.45) is 4.65. The summed E-state index contributed by atoms with van der Waals surface area (Å²) in [5.41, 5.74) is 5.16. The summed E-state index contributed by atoms with van der Waals surface area (Å²) in [6.45, 7) is 5.03. The molecular weight excluding hydrogens is 474 g/mol. The Labute approximate surface area is 216 Å². The average molecular weight is 510 g/mol. The van der Waals surface area contributed by atoms with Crippen molar-refractivity contribution in [3.8, 4) is 0 Å². The molecule has 5 rings (SSSR count). The minimum atomic E-state index is -0.820. The van der Waals surface area contributed by atoms with Crippen LogP contribution in [0.5, 0.6) is 0 Å². The lowest BCUT2D eigenvalue weighted by molar-refractivity contribution is -0.137. The van der Waals surface area contributed by atoms with Crippen LogP contribution >= 0.6 is 11.3 Å². The Hall–Kier alpha value is -2.68. The van der Waals surface area contributed by atoms with Crippen LogP contribution in [0.4, 0.5) is 17.1 Å². The standard InChI is InChI=1S/C28H35N3O4S/c1-18-29-24-7-6-22(15-27(24)36-18)30-25-13-20(21(17-34-2)14-28(32)33)5-8-26(25)31(16-19-3-4-19)23-9-11-35-12-10-23/h5-8,13,15,19,21,23,30H,3-4,9-12,14,16-17H2,1-2H3,(H,32,33). The summed E-state index contributed by atoms with van der Waals surface area (Å²) in [7, 11) is 1.62. The number of rotatable bonds is 11. The van der Waals surface area contributed by atoms with Gasteiger partial charge in [-0.25, -0.2) is 4.98 Å². The van der Waals surface area contributed by atoms with Gasteiger partial charge in [0.15, 0.2) is 0 Å². The molecular formula is C28H35N3O4S. The molecule has 2 aromatic carbocycles. The van der Waals surface area contributed by atoms with Crippen LogP contribution in [-0.4, -0.2) is 55.6 Å². The lowest BCUT2D eigenvalue weighted by Gasteiger charge is -2.38. The van der Waals surface area contributed by atoms with E-state index in [-0.39, 0.29) is 12.3 Å². The minimum absolute atomic E-state index is 0.0322. The number of ether oxygens (including phenoxy) is 2. The van der Waals surface area contributed by atoms with Gasteiger partial charge in [-0.15, -0.1) is 11.3 Å². The maximum Gasteiger partial charge on any atom is 0.304 e. The third kappa shape index (κ3) is 5.99. The molecule has 0 spiro atoms. The summed E-state index contributed by atoms with van der Waals surface area (Å²) < 4.78 is 12.2. The first-order valence-corrected chi connectivity index (χ1v) is 13.6. The number of carboxylic acid groups (broad SMARTS) is 1. The van der Waals surface area contributed by atoms with Crippen LogP contribution in [0.1, 0.15) is 48.6 Å². The van der Waals surface area contributed by atoms with E-state index in [1.807, 2.05) is 6.92 Å². The van der Waals surface area contributed by atoms with Crippen LogP contribution in [0.3, 0.4) is 0 Å². The van der Waals surface area contributed by atoms with Gasteiger partial charge in [0.2, 0.25) is 0 Å². The normalized spacial score (nSPS) is 17.3. The highest BCUT2D eigenvalue weighted by molar-refractivity contribution is 7.18. The van der Waals surface area contributed by atoms with Crippen molar-refractivity contribution in [1.29, 1.82) is 0 Å². The second-order valence-corrected chi connectivity index (χ2v) is 11.2. The molecule has 7 nitrogen and oxygen atoms in total. The van der Waals surface area contributed by atoms with Crippen LogP contribution in [0, 0.1) is 12.8 Å². The summed E-state index contributed by atoms with van der Waals surface area (Å²) in [6, 6.07) is 13.1. The number of carbonyl (C=O) groups is 1. The van der Waals surface area contributed by atoms with E-state index < -0.39 is 5.97 Å². The summed E-state index contributed by atoms with van der Waals surface area (Å²) in [4.78, 5) is 18.7. The second kappa shape index (κ2) is 11.2. The fourth-order valence-corrected chi connectivity index (χ4v) is 6.00. The highest BCUT2D eigenvalue weighted by Crippen LogP contribution is 2.40. The Morgan fingerprint density at radius 1 is 1.22 bits per heavy atom. The van der Waals surface area contributed by atoms with Gasteiger partial charge in [0.05, 0.1) is 39.6 Å². The molecule has 0 amide bonds. The third-order valence-electron chi connectivity index (χ3n) is 7.15. The number of carboxylic acids is 1. The van der Waals surface area contributed by atoms with Crippen LogP contribution < -0.4 is 10.2 Å². The number of aromatic nitrogens is 1. The first-order valence-electron chi connectivity index (χ1n) is 12.8. The smallest absolute Gasteiger partial charge is 0.304 e. The molecule has 2 heterocycles. The molecule has 3 aromatic rings. The highest BCUT2D eigenvalue weighted by atomic mass is 32.1. The van der Waals surface area contributed by atoms with E-state index >= 15 is 0 Å². The van der Waals surface area contributed by atoms with Crippen molar-refractivity contribution in [1.82, 2.24) is 4.98 Å². The Morgan fingerprint density at radius 2 is 2.03 bits per heavy atom. The highest BCUT2D eigenvalue weighted by Gasteiger charge is 2.31. The first-order chi connectivity index (χ1) is 17.5. The third-order valence-corrected chi connectivity index (χ3v) is 8.08. The molecule has 1 saturated carbocycles. The fraction of sp³-hybridized carbons (Fsp3) is 0.500. The lowest BCUT2D eigenvalue weighted by Crippen LogP contribution is -2.41. The number of thiazole rings is 1. The summed E-state index contributed by atoms with van der Waals surface area (Å²) >= 11 is 1.69. The molecule has 0 radical (unpaired) electrons. The van der Waals surface area contributed by atoms with Crippen molar-refractivity contribution >= 4 is 44.6 Å². The summed E-state index contributed by atoms with van der Waals surface area (Å²) in [5.74, 6) is -0.293. The topological polar surface area (TPSA) is 83.9 Å². The van der Waals surface area contributed by atoms with Crippen molar-refractivity contribution in [2.75, 3.05) is 43.7 Å². The zero-order valence-electron chi connectivity index (χ0n) is 21.0. The fourth-order valence-electron chi connectivity index (χ4n) is 5.14. The monoisotopic (exact) mass is 509 g/mol. The Kier molecular flexibility index (Phi) is 7.74. The van der Waals surface area contributed by atoms with Crippen molar-refractivity contribution in [3.63, 3.8) is 0 Å². The zero-order chi connectivity index (χ0) is 25.1. The molecule has 192 valence electrons. The van der Waals surface area contributed by atoms with E-state index in [1.54, 1.807) is 18.4 Å². The number of methoxy groups -OCH3 is 1. The van der Waals surface area contributed by atoms with Gasteiger partial charge in [-0.1, -0.05) is 6.07 Å². The maximum absolute atomic E-state index is 11.6. The lowest BCUT2D eigenvalue weighted by atomic mass is 9.94. The maximum atomic E-state index is 11.6. The van der Waals surface area contributed by atoms with Gasteiger partial charge in [-0.05, 0) is 74.4 Å². The molecule has 1 atom stereocenters. The number of benzene rings is 2. The van der Waals surface area contributed by atoms with Crippen LogP contribution in [0.2, 0.25) is 0 Å². The van der Waals surface area contributed by atoms with Crippen molar-refractivity contribution in [2.45, 2.75) is 51.0 Å². The quantitative estimate of drug-likeness (QED) is 0.330. The van der Waals surface area contributed by atoms with Gasteiger partial charge in [-0.2, -0.15) is 0 Å². The zero-order valence-corrected chi connectivity index (χ0v) is 21.9. The number of hydrogen-bond acceptors (Lipinski definition) is 7. The summed E-state index contributed by atoms with van der Waals surface area (Å²) in [5, 5.41) is 14.2. The van der Waals surface area contributed by atoms with Crippen molar-refractivity contribution in [3.05, 3.63) is 47.0 Å². The van der Waals surface area contributed by atoms with Gasteiger partial charge < -0.3 is 24.8 Å². The molecule has 36 heavy (non-hydrogen) atoms. The molecule has 2 aliphatic rings. The van der Waals surface area contributed by atoms with Crippen molar-refractivity contribution < 1.29 is 19.4 Å². The first kappa shape index (κ1) is 25.0. The van der Waals surface area contributed by atoms with Crippen LogP contribution in [0.15, 0.2) is 36.4 Å². The van der Waals surface area contributed by atoms with Gasteiger partial charge >= 0.3 is 5.97 Å². The SMILES string of the molecule is COCC(CC(=O)O)c1ccc(N(CC2CC2)C2CCOCC2)c(Nc2ccc3nc(C)sc3c2)c1. The number of fused-ring (bicyclic) bond motifs is 1.